The van der Waals surface area contributed by atoms with Crippen molar-refractivity contribution in [1.29, 1.82) is 0 Å². The number of benzene rings is 3. The molecule has 0 aliphatic rings. The first-order valence-corrected chi connectivity index (χ1v) is 12.9. The van der Waals surface area contributed by atoms with Gasteiger partial charge in [0.25, 0.3) is 0 Å². The molecule has 1 amide bonds. The first kappa shape index (κ1) is 25.7. The van der Waals surface area contributed by atoms with Crippen LogP contribution in [0.2, 0.25) is 10.0 Å². The van der Waals surface area contributed by atoms with Crippen molar-refractivity contribution < 1.29 is 13.6 Å². The van der Waals surface area contributed by atoms with E-state index in [9.17, 15) is 4.79 Å². The van der Waals surface area contributed by atoms with Crippen molar-refractivity contribution in [3.8, 4) is 22.8 Å². The second kappa shape index (κ2) is 11.2. The predicted molar refractivity (Wildman–Crippen MR) is 156 cm³/mol. The number of hydrogen-bond acceptors (Lipinski definition) is 5. The summed E-state index contributed by atoms with van der Waals surface area (Å²) in [5.41, 5.74) is 4.87. The number of aryl methyl sites for hydroxylation is 1. The minimum absolute atomic E-state index is 0.146. The highest BCUT2D eigenvalue weighted by Crippen LogP contribution is 2.34. The quantitative estimate of drug-likeness (QED) is 0.161. The van der Waals surface area contributed by atoms with E-state index in [1.807, 2.05) is 42.5 Å². The summed E-state index contributed by atoms with van der Waals surface area (Å²) in [5.74, 6) is 1.11. The Morgan fingerprint density at radius 3 is 2.71 bits per heavy atom. The second-order valence-electron chi connectivity index (χ2n) is 8.34. The van der Waals surface area contributed by atoms with Gasteiger partial charge in [-0.2, -0.15) is 0 Å². The van der Waals surface area contributed by atoms with E-state index in [4.69, 9.17) is 44.3 Å². The van der Waals surface area contributed by atoms with Gasteiger partial charge >= 0.3 is 0 Å². The number of halogens is 2. The fourth-order valence-electron chi connectivity index (χ4n) is 3.80. The van der Waals surface area contributed by atoms with Gasteiger partial charge in [0.05, 0.1) is 10.0 Å². The molecule has 0 aliphatic carbocycles. The van der Waals surface area contributed by atoms with Crippen molar-refractivity contribution in [3.63, 3.8) is 0 Å². The third-order valence-electron chi connectivity index (χ3n) is 5.71. The van der Waals surface area contributed by atoms with Gasteiger partial charge in [-0.05, 0) is 84.9 Å². The lowest BCUT2D eigenvalue weighted by Gasteiger charge is -2.08. The normalized spacial score (nSPS) is 11.2. The van der Waals surface area contributed by atoms with E-state index in [1.54, 1.807) is 30.3 Å². The zero-order valence-corrected chi connectivity index (χ0v) is 22.5. The molecule has 5 rings (SSSR count). The number of oxazole rings is 1. The highest BCUT2D eigenvalue weighted by molar-refractivity contribution is 7.80. The summed E-state index contributed by atoms with van der Waals surface area (Å²) in [5, 5.41) is 6.62. The zero-order valence-electron chi connectivity index (χ0n) is 20.1. The highest BCUT2D eigenvalue weighted by Gasteiger charge is 2.12. The van der Waals surface area contributed by atoms with Crippen LogP contribution in [0.4, 0.5) is 5.69 Å². The first-order valence-electron chi connectivity index (χ1n) is 11.7. The van der Waals surface area contributed by atoms with Crippen molar-refractivity contribution >= 4 is 69.3 Å². The molecule has 0 saturated carbocycles. The number of anilines is 1. The van der Waals surface area contributed by atoms with Crippen LogP contribution in [0.3, 0.4) is 0 Å². The fraction of sp³-hybridized carbons (Fsp3) is 0.0690. The van der Waals surface area contributed by atoms with Crippen LogP contribution in [0.1, 0.15) is 18.2 Å². The van der Waals surface area contributed by atoms with Gasteiger partial charge in [-0.3, -0.25) is 10.1 Å². The number of rotatable bonds is 6. The third kappa shape index (κ3) is 5.81. The average molecular weight is 562 g/mol. The molecule has 9 heteroatoms. The summed E-state index contributed by atoms with van der Waals surface area (Å²) in [6.07, 6.45) is 3.80. The summed E-state index contributed by atoms with van der Waals surface area (Å²) < 4.78 is 11.7. The number of aromatic nitrogens is 1. The number of fused-ring (bicyclic) bond motifs is 1. The number of nitrogens with one attached hydrogen (secondary N) is 2. The number of furan rings is 1. The van der Waals surface area contributed by atoms with Gasteiger partial charge in [0.2, 0.25) is 11.8 Å². The zero-order chi connectivity index (χ0) is 26.6. The van der Waals surface area contributed by atoms with E-state index in [-0.39, 0.29) is 5.11 Å². The second-order valence-corrected chi connectivity index (χ2v) is 9.53. The minimum Gasteiger partial charge on any atom is -0.457 e. The molecular formula is C29H21Cl2N3O3S. The maximum absolute atomic E-state index is 12.4. The predicted octanol–water partition coefficient (Wildman–Crippen LogP) is 8.15. The van der Waals surface area contributed by atoms with Gasteiger partial charge < -0.3 is 14.2 Å². The number of thiocarbonyl (C=S) groups is 1. The van der Waals surface area contributed by atoms with Gasteiger partial charge in [-0.25, -0.2) is 4.98 Å². The standard InChI is InChI=1S/C29H21Cl2N3O3S/c1-2-17-9-12-25-23(15-17)33-28(37-25)18-5-3-6-19(16-18)32-29(38)34-26(35)14-11-20-10-13-24(36-20)21-7-4-8-22(30)27(21)31/h3-16H,2H2,1H3,(H2,32,34,35,38). The molecule has 38 heavy (non-hydrogen) atoms. The third-order valence-corrected chi connectivity index (χ3v) is 6.73. The molecular weight excluding hydrogens is 541 g/mol. The molecule has 0 fully saturated rings. The Balaban J connectivity index is 1.21. The Morgan fingerprint density at radius 2 is 1.87 bits per heavy atom. The van der Waals surface area contributed by atoms with Crippen LogP contribution in [0.5, 0.6) is 0 Å². The number of hydrogen-bond donors (Lipinski definition) is 2. The van der Waals surface area contributed by atoms with E-state index in [2.05, 4.69) is 22.5 Å². The van der Waals surface area contributed by atoms with Gasteiger partial charge in [-0.15, -0.1) is 0 Å². The summed E-state index contributed by atoms with van der Waals surface area (Å²) in [6.45, 7) is 2.10. The largest absolute Gasteiger partial charge is 0.457 e. The summed E-state index contributed by atoms with van der Waals surface area (Å²) in [4.78, 5) is 17.0. The molecule has 0 spiro atoms. The van der Waals surface area contributed by atoms with E-state index < -0.39 is 5.91 Å². The molecule has 0 saturated heterocycles. The molecule has 6 nitrogen and oxygen atoms in total. The van der Waals surface area contributed by atoms with Crippen molar-refractivity contribution in [1.82, 2.24) is 10.3 Å². The van der Waals surface area contributed by atoms with Crippen LogP contribution in [-0.2, 0) is 11.2 Å². The van der Waals surface area contributed by atoms with Crippen LogP contribution < -0.4 is 10.6 Å². The minimum atomic E-state index is -0.414. The molecule has 0 bridgehead atoms. The molecule has 2 aromatic heterocycles. The SMILES string of the molecule is CCc1ccc2oc(-c3cccc(NC(=S)NC(=O)C=Cc4ccc(-c5cccc(Cl)c5Cl)o4)c3)nc2c1. The Hall–Kier alpha value is -3.91. The number of nitrogens with zero attached hydrogens (tertiary/aromatic N) is 1. The van der Waals surface area contributed by atoms with E-state index >= 15 is 0 Å². The maximum Gasteiger partial charge on any atom is 0.250 e. The topological polar surface area (TPSA) is 80.3 Å². The Morgan fingerprint density at radius 1 is 1.03 bits per heavy atom. The Bertz CT molecular complexity index is 1690. The van der Waals surface area contributed by atoms with E-state index in [0.717, 1.165) is 23.1 Å². The number of carbonyl (C=O) groups is 1. The fourth-order valence-corrected chi connectivity index (χ4v) is 4.41. The van der Waals surface area contributed by atoms with E-state index in [1.165, 1.54) is 17.7 Å². The molecule has 0 atom stereocenters. The van der Waals surface area contributed by atoms with Gasteiger partial charge in [0, 0.05) is 22.9 Å². The lowest BCUT2D eigenvalue weighted by molar-refractivity contribution is -0.115. The van der Waals surface area contributed by atoms with Gasteiger partial charge in [0.15, 0.2) is 10.7 Å². The summed E-state index contributed by atoms with van der Waals surface area (Å²) in [6, 6.07) is 22.2. The molecule has 5 aromatic rings. The number of carbonyl (C=O) groups excluding carboxylic acids is 1. The molecule has 0 unspecified atom stereocenters. The molecule has 2 heterocycles. The molecule has 0 aliphatic heterocycles. The van der Waals surface area contributed by atoms with Gasteiger partial charge in [-0.1, -0.05) is 48.3 Å². The van der Waals surface area contributed by atoms with Crippen molar-refractivity contribution in [2.45, 2.75) is 13.3 Å². The molecule has 0 radical (unpaired) electrons. The van der Waals surface area contributed by atoms with E-state index in [0.29, 0.717) is 38.7 Å². The van der Waals surface area contributed by atoms with Crippen LogP contribution in [0.25, 0.3) is 40.0 Å². The maximum atomic E-state index is 12.4. The number of amides is 1. The van der Waals surface area contributed by atoms with Crippen LogP contribution >= 0.6 is 35.4 Å². The monoisotopic (exact) mass is 561 g/mol. The Kier molecular flexibility index (Phi) is 7.60. The van der Waals surface area contributed by atoms with Gasteiger partial charge in [0.1, 0.15) is 17.0 Å². The molecule has 2 N–H and O–H groups in total. The first-order chi connectivity index (χ1) is 18.4. The molecule has 190 valence electrons. The smallest absolute Gasteiger partial charge is 0.250 e. The van der Waals surface area contributed by atoms with Crippen LogP contribution in [-0.4, -0.2) is 16.0 Å². The summed E-state index contributed by atoms with van der Waals surface area (Å²) in [7, 11) is 0. The van der Waals surface area contributed by atoms with Crippen molar-refractivity contribution in [2.24, 2.45) is 0 Å². The highest BCUT2D eigenvalue weighted by atomic mass is 35.5. The summed E-state index contributed by atoms with van der Waals surface area (Å²) >= 11 is 17.6. The van der Waals surface area contributed by atoms with Crippen LogP contribution in [0, 0.1) is 0 Å². The average Bonchev–Trinajstić information content (AvgIpc) is 3.56. The van der Waals surface area contributed by atoms with Crippen molar-refractivity contribution in [3.05, 3.63) is 100 Å². The lowest BCUT2D eigenvalue weighted by atomic mass is 10.1. The lowest BCUT2D eigenvalue weighted by Crippen LogP contribution is -2.32. The Labute approximate surface area is 234 Å². The molecule has 3 aromatic carbocycles. The van der Waals surface area contributed by atoms with Crippen molar-refractivity contribution in [2.75, 3.05) is 5.32 Å². The van der Waals surface area contributed by atoms with Crippen LogP contribution in [0.15, 0.2) is 87.7 Å².